The molecule has 0 amide bonds. The Balaban J connectivity index is 0.000000173. The number of sulfone groups is 4. The van der Waals surface area contributed by atoms with E-state index in [2.05, 4.69) is 81.4 Å². The molecule has 0 aromatic heterocycles. The van der Waals surface area contributed by atoms with Crippen LogP contribution in [0.5, 0.6) is 57.5 Å². The van der Waals surface area contributed by atoms with Crippen molar-refractivity contribution in [1.29, 1.82) is 0 Å². The molecule has 0 aliphatic carbocycles. The number of methoxy groups -OCH3 is 4. The first kappa shape index (κ1) is 87.5. The standard InChI is InChI=1S/C29H28O4S.C26H22O4S.C19H15O3S.C14H14O3S.C7H7O.Y/c1-21-5-17-27(18-6-21)34(30,31)28-19-15-26(16-20-28)33-25-13-9-23(10-14-25)29(2,3)22-7-11-24(32-4)12-8-22;1-19-3-5-20(6-4-19)21-7-9-23(10-8-21)30-24-13-17-26(18-14-24)31(27,28)25-15-11-22(29-2)12-16-25;1-15-7-11-18(12-8-15)23(20,21)19-13-9-17(10-14-19)22-16-5-3-2-4-6-16;1-11-3-7-13(8-4-11)18(15,16)14-9-5-12(17-2)6-10-14;1-8-7-5-3-2-4-6-7;/h5-20H,1-4H3;3-18H,1-2H3;3-14H,1H3;3-10H,1-2H3;3-6H,1H3;/q;;-1;;-1;. The van der Waals surface area contributed by atoms with E-state index in [-0.39, 0.29) is 72.4 Å². The molecule has 0 N–H and O–H groups in total. The molecule has 14 rings (SSSR count). The SMILES string of the molecule is COc1cc[c-]cc1.COc1ccc(C(C)(C)c2ccc(Oc3ccc(S(=O)(=O)c4ccc(C)cc4)cc3)cc2)cc1.COc1ccc(S(=O)(=O)c2ccc(C)cc2)cc1.COc1ccc(S(=O)(=O)c2ccc(Oc3ccc(-c4ccc(C)cc4)cc3)cc2)cc1.Cc1ccc(S(=O)(=O)c2ccc(Oc3cc[c-]cc3)cc2)cc1.[Y]. The third-order valence-corrected chi connectivity index (χ3v) is 25.2. The molecule has 14 aromatic carbocycles. The number of hydrogen-bond acceptors (Lipinski definition) is 15. The fourth-order valence-corrected chi connectivity index (χ4v) is 16.2. The van der Waals surface area contributed by atoms with Crippen molar-refractivity contribution in [2.75, 3.05) is 28.4 Å². The summed E-state index contributed by atoms with van der Waals surface area (Å²) in [5, 5.41) is 0. The predicted molar refractivity (Wildman–Crippen MR) is 446 cm³/mol. The van der Waals surface area contributed by atoms with Gasteiger partial charge in [0.15, 0.2) is 0 Å². The summed E-state index contributed by atoms with van der Waals surface area (Å²) in [6.07, 6.45) is 0. The average Bonchev–Trinajstić information content (AvgIpc) is 0.801. The van der Waals surface area contributed by atoms with Crippen molar-refractivity contribution < 1.29 is 99.5 Å². The van der Waals surface area contributed by atoms with Gasteiger partial charge in [-0.2, -0.15) is 36.4 Å². The van der Waals surface area contributed by atoms with Crippen LogP contribution >= 0.6 is 0 Å². The summed E-state index contributed by atoms with van der Waals surface area (Å²) in [6.45, 7) is 12.2. The van der Waals surface area contributed by atoms with Crippen LogP contribution in [0.4, 0.5) is 0 Å². The second-order valence-corrected chi connectivity index (χ2v) is 34.3. The van der Waals surface area contributed by atoms with E-state index in [1.807, 2.05) is 93.6 Å². The van der Waals surface area contributed by atoms with Gasteiger partial charge in [-0.1, -0.05) is 133 Å². The second kappa shape index (κ2) is 40.5. The Labute approximate surface area is 701 Å². The van der Waals surface area contributed by atoms with Gasteiger partial charge in [0, 0.05) is 49.6 Å². The van der Waals surface area contributed by atoms with Gasteiger partial charge in [0.2, 0.25) is 39.3 Å². The molecule has 0 saturated heterocycles. The third kappa shape index (κ3) is 23.9. The Morgan fingerprint density at radius 2 is 0.374 bits per heavy atom. The zero-order valence-electron chi connectivity index (χ0n) is 65.2. The number of aryl methyl sites for hydroxylation is 4. The molecule has 0 fully saturated rings. The minimum atomic E-state index is -3.60. The molecule has 0 heterocycles. The summed E-state index contributed by atoms with van der Waals surface area (Å²) in [4.78, 5) is 2.05. The van der Waals surface area contributed by atoms with E-state index in [1.165, 1.54) is 30.4 Å². The van der Waals surface area contributed by atoms with Crippen LogP contribution in [-0.2, 0) is 77.5 Å². The van der Waals surface area contributed by atoms with Crippen LogP contribution in [0.3, 0.4) is 0 Å². The number of rotatable bonds is 21. The second-order valence-electron chi connectivity index (χ2n) is 26.5. The van der Waals surface area contributed by atoms with E-state index in [4.69, 9.17) is 33.2 Å². The van der Waals surface area contributed by atoms with Crippen molar-refractivity contribution in [3.8, 4) is 68.6 Å². The largest absolute Gasteiger partial charge is 0.522 e. The Hall–Kier alpha value is -11.4. The maximum Gasteiger partial charge on any atom is 0.206 e. The molecule has 20 heteroatoms. The Morgan fingerprint density at radius 3 is 0.600 bits per heavy atom. The molecule has 0 unspecified atom stereocenters. The average molecular weight is 1680 g/mol. The van der Waals surface area contributed by atoms with E-state index in [1.54, 1.807) is 228 Å². The summed E-state index contributed by atoms with van der Waals surface area (Å²) < 4.78 is 139. The summed E-state index contributed by atoms with van der Waals surface area (Å²) >= 11 is 0. The summed E-state index contributed by atoms with van der Waals surface area (Å²) in [5.74, 6) is 6.72. The Morgan fingerprint density at radius 1 is 0.217 bits per heavy atom. The van der Waals surface area contributed by atoms with Crippen molar-refractivity contribution in [2.45, 2.75) is 86.1 Å². The van der Waals surface area contributed by atoms with Gasteiger partial charge in [0.25, 0.3) is 0 Å². The minimum Gasteiger partial charge on any atom is -0.522 e. The maximum absolute atomic E-state index is 12.9. The molecular formula is C95H86O15S4Y-2. The zero-order chi connectivity index (χ0) is 81.5. The molecule has 1 radical (unpaired) electrons. The van der Waals surface area contributed by atoms with Crippen LogP contribution in [0.25, 0.3) is 11.1 Å². The van der Waals surface area contributed by atoms with Crippen LogP contribution < -0.4 is 33.2 Å². The molecule has 115 heavy (non-hydrogen) atoms. The van der Waals surface area contributed by atoms with E-state index >= 15 is 0 Å². The zero-order valence-corrected chi connectivity index (χ0v) is 71.3. The van der Waals surface area contributed by atoms with Crippen LogP contribution in [-0.4, -0.2) is 62.1 Å². The van der Waals surface area contributed by atoms with Gasteiger partial charge in [-0.15, -0.1) is 24.3 Å². The normalized spacial score (nSPS) is 11.1. The fraction of sp³-hybridized carbons (Fsp3) is 0.116. The molecule has 0 spiro atoms. The van der Waals surface area contributed by atoms with Crippen LogP contribution in [0.1, 0.15) is 47.2 Å². The van der Waals surface area contributed by atoms with E-state index < -0.39 is 39.3 Å². The Bertz CT molecular complexity index is 5870. The smallest absolute Gasteiger partial charge is 0.206 e. The topological polar surface area (TPSA) is 201 Å². The molecule has 14 aromatic rings. The first-order valence-electron chi connectivity index (χ1n) is 35.9. The van der Waals surface area contributed by atoms with Gasteiger partial charge < -0.3 is 33.2 Å². The minimum absolute atomic E-state index is 0. The van der Waals surface area contributed by atoms with Gasteiger partial charge in [-0.3, -0.25) is 0 Å². The van der Waals surface area contributed by atoms with Crippen molar-refractivity contribution in [2.24, 2.45) is 0 Å². The summed E-state index contributed by atoms with van der Waals surface area (Å²) in [5.41, 5.74) is 8.70. The monoisotopic (exact) mass is 1680 g/mol. The molecular weight excluding hydrogens is 1600 g/mol. The summed E-state index contributed by atoms with van der Waals surface area (Å²) in [7, 11) is -7.71. The molecule has 0 saturated carbocycles. The van der Waals surface area contributed by atoms with Gasteiger partial charge in [-0.05, 0) is 244 Å². The molecule has 0 aliphatic heterocycles. The first-order chi connectivity index (χ1) is 54.7. The van der Waals surface area contributed by atoms with Gasteiger partial charge >= 0.3 is 0 Å². The molecule has 585 valence electrons. The fourth-order valence-electron chi connectivity index (χ4n) is 11.2. The van der Waals surface area contributed by atoms with Crippen LogP contribution in [0.2, 0.25) is 0 Å². The maximum atomic E-state index is 12.9. The molecule has 0 bridgehead atoms. The number of benzene rings is 14. The molecule has 0 atom stereocenters. The van der Waals surface area contributed by atoms with Crippen molar-refractivity contribution in [3.63, 3.8) is 0 Å². The summed E-state index contributed by atoms with van der Waals surface area (Å²) in [6, 6.07) is 105. The van der Waals surface area contributed by atoms with Crippen LogP contribution in [0.15, 0.2) is 379 Å². The quantitative estimate of drug-likeness (QED) is 0.0614. The predicted octanol–water partition coefficient (Wildman–Crippen LogP) is 22.0. The van der Waals surface area contributed by atoms with E-state index in [0.717, 1.165) is 44.9 Å². The molecule has 0 aliphatic rings. The Kier molecular flexibility index (Phi) is 30.9. The van der Waals surface area contributed by atoms with Gasteiger partial charge in [0.05, 0.1) is 67.6 Å². The van der Waals surface area contributed by atoms with Gasteiger partial charge in [-0.25, -0.2) is 33.7 Å². The number of hydrogen-bond donors (Lipinski definition) is 0. The van der Waals surface area contributed by atoms with E-state index in [0.29, 0.717) is 50.9 Å². The van der Waals surface area contributed by atoms with E-state index in [9.17, 15) is 33.7 Å². The third-order valence-electron chi connectivity index (χ3n) is 18.1. The van der Waals surface area contributed by atoms with Gasteiger partial charge in [0.1, 0.15) is 46.0 Å². The van der Waals surface area contributed by atoms with Crippen molar-refractivity contribution in [3.05, 3.63) is 385 Å². The van der Waals surface area contributed by atoms with Crippen molar-refractivity contribution >= 4 is 39.3 Å². The number of ether oxygens (including phenoxy) is 7. The van der Waals surface area contributed by atoms with Crippen molar-refractivity contribution in [1.82, 2.24) is 0 Å². The molecule has 15 nitrogen and oxygen atoms in total. The van der Waals surface area contributed by atoms with Crippen LogP contribution in [0, 0.1) is 39.8 Å². The first-order valence-corrected chi connectivity index (χ1v) is 41.8.